The van der Waals surface area contributed by atoms with Crippen LogP contribution in [0.5, 0.6) is 0 Å². The van der Waals surface area contributed by atoms with Crippen LogP contribution in [-0.4, -0.2) is 75.7 Å². The van der Waals surface area contributed by atoms with Gasteiger partial charge in [-0.25, -0.2) is 12.7 Å². The lowest BCUT2D eigenvalue weighted by Gasteiger charge is -2.26. The summed E-state index contributed by atoms with van der Waals surface area (Å²) in [6.45, 7) is 5.91. The van der Waals surface area contributed by atoms with E-state index in [2.05, 4.69) is 51.7 Å². The fraction of sp³-hybridized carbons (Fsp3) is 0.650. The molecule has 162 valence electrons. The number of nitrogens with one attached hydrogen (secondary N) is 2. The van der Waals surface area contributed by atoms with Crippen LogP contribution >= 0.6 is 11.8 Å². The molecule has 0 amide bonds. The van der Waals surface area contributed by atoms with Crippen molar-refractivity contribution in [3.8, 4) is 0 Å². The maximum Gasteiger partial charge on any atom is 0.215 e. The molecule has 29 heavy (non-hydrogen) atoms. The van der Waals surface area contributed by atoms with E-state index < -0.39 is 10.0 Å². The maximum atomic E-state index is 12.5. The van der Waals surface area contributed by atoms with Crippen LogP contribution in [0.25, 0.3) is 0 Å². The molecule has 0 radical (unpaired) electrons. The van der Waals surface area contributed by atoms with E-state index in [4.69, 9.17) is 0 Å². The summed E-state index contributed by atoms with van der Waals surface area (Å²) in [5, 5.41) is 6.53. The first-order valence-electron chi connectivity index (χ1n) is 10.4. The van der Waals surface area contributed by atoms with Gasteiger partial charge in [-0.3, -0.25) is 4.99 Å². The van der Waals surface area contributed by atoms with Gasteiger partial charge < -0.3 is 15.5 Å². The molecule has 1 aromatic rings. The minimum Gasteiger partial charge on any atom is -0.372 e. The lowest BCUT2D eigenvalue weighted by molar-refractivity contribution is 0.443. The van der Waals surface area contributed by atoms with Crippen molar-refractivity contribution in [2.45, 2.75) is 25.8 Å². The van der Waals surface area contributed by atoms with Gasteiger partial charge in [0.05, 0.1) is 11.8 Å². The first-order chi connectivity index (χ1) is 14.0. The number of benzene rings is 1. The summed E-state index contributed by atoms with van der Waals surface area (Å²) in [6.07, 6.45) is 2.52. The number of nitrogens with zero attached hydrogens (tertiary/aromatic N) is 3. The van der Waals surface area contributed by atoms with Gasteiger partial charge in [0.25, 0.3) is 0 Å². The Labute approximate surface area is 179 Å². The average molecular weight is 440 g/mol. The normalized spacial score (nSPS) is 19.9. The Morgan fingerprint density at radius 3 is 2.62 bits per heavy atom. The van der Waals surface area contributed by atoms with Gasteiger partial charge in [-0.05, 0) is 37.5 Å². The van der Waals surface area contributed by atoms with E-state index in [0.29, 0.717) is 25.6 Å². The molecule has 2 N–H and O–H groups in total. The number of sulfonamides is 1. The standard InChI is InChI=1S/C20H33N5O2S2/c1-17(18-6-5-7-19(16-18)24-9-3-4-10-24)23-20(21-2)22-8-15-29(26,27)25-11-13-28-14-12-25/h5-7,16-17H,3-4,8-15H2,1-2H3,(H2,21,22,23). The number of anilines is 1. The third kappa shape index (κ3) is 6.26. The van der Waals surface area contributed by atoms with Gasteiger partial charge in [0.2, 0.25) is 10.0 Å². The average Bonchev–Trinajstić information content (AvgIpc) is 3.28. The number of guanidine groups is 1. The van der Waals surface area contributed by atoms with E-state index in [1.165, 1.54) is 24.1 Å². The number of thioether (sulfide) groups is 1. The Balaban J connectivity index is 1.51. The molecule has 0 bridgehead atoms. The smallest absolute Gasteiger partial charge is 0.215 e. The van der Waals surface area contributed by atoms with Gasteiger partial charge in [-0.1, -0.05) is 12.1 Å². The van der Waals surface area contributed by atoms with Gasteiger partial charge in [0, 0.05) is 57.0 Å². The van der Waals surface area contributed by atoms with E-state index in [0.717, 1.165) is 24.6 Å². The molecule has 1 aromatic carbocycles. The van der Waals surface area contributed by atoms with Gasteiger partial charge in [-0.2, -0.15) is 11.8 Å². The van der Waals surface area contributed by atoms with Crippen LogP contribution in [0.1, 0.15) is 31.4 Å². The van der Waals surface area contributed by atoms with Crippen molar-refractivity contribution in [2.75, 3.05) is 61.9 Å². The Bertz CT molecular complexity index is 788. The second kappa shape index (κ2) is 10.5. The molecular weight excluding hydrogens is 406 g/mol. The first kappa shape index (κ1) is 22.2. The lowest BCUT2D eigenvalue weighted by Crippen LogP contribution is -2.44. The van der Waals surface area contributed by atoms with Crippen molar-refractivity contribution in [3.05, 3.63) is 29.8 Å². The molecule has 9 heteroatoms. The highest BCUT2D eigenvalue weighted by Gasteiger charge is 2.23. The molecule has 1 unspecified atom stereocenters. The summed E-state index contributed by atoms with van der Waals surface area (Å²) >= 11 is 1.81. The zero-order valence-corrected chi connectivity index (χ0v) is 19.1. The quantitative estimate of drug-likeness (QED) is 0.499. The SMILES string of the molecule is CN=C(NCCS(=O)(=O)N1CCSCC1)NC(C)c1cccc(N2CCCC2)c1. The molecule has 3 rings (SSSR count). The van der Waals surface area contributed by atoms with Gasteiger partial charge in [0.1, 0.15) is 0 Å². The number of aliphatic imine (C=N–C) groups is 1. The Hall–Kier alpha value is -1.45. The van der Waals surface area contributed by atoms with Crippen LogP contribution in [0.4, 0.5) is 5.69 Å². The summed E-state index contributed by atoms with van der Waals surface area (Å²) in [7, 11) is -1.51. The molecule has 2 aliphatic heterocycles. The summed E-state index contributed by atoms with van der Waals surface area (Å²) in [5.41, 5.74) is 2.46. The van der Waals surface area contributed by atoms with Crippen molar-refractivity contribution in [2.24, 2.45) is 4.99 Å². The zero-order chi connectivity index (χ0) is 20.7. The zero-order valence-electron chi connectivity index (χ0n) is 17.4. The third-order valence-electron chi connectivity index (χ3n) is 5.43. The number of hydrogen-bond donors (Lipinski definition) is 2. The van der Waals surface area contributed by atoms with Crippen LogP contribution < -0.4 is 15.5 Å². The molecule has 1 atom stereocenters. The predicted octanol–water partition coefficient (Wildman–Crippen LogP) is 1.89. The molecule has 0 aliphatic carbocycles. The van der Waals surface area contributed by atoms with Crippen LogP contribution in [0.3, 0.4) is 0 Å². The molecule has 7 nitrogen and oxygen atoms in total. The Morgan fingerprint density at radius 2 is 1.93 bits per heavy atom. The monoisotopic (exact) mass is 439 g/mol. The maximum absolute atomic E-state index is 12.5. The van der Waals surface area contributed by atoms with Crippen LogP contribution in [0, 0.1) is 0 Å². The molecule has 0 saturated carbocycles. The Morgan fingerprint density at radius 1 is 1.21 bits per heavy atom. The summed E-state index contributed by atoms with van der Waals surface area (Å²) in [6, 6.07) is 8.68. The fourth-order valence-electron chi connectivity index (χ4n) is 3.70. The van der Waals surface area contributed by atoms with Crippen molar-refractivity contribution in [1.82, 2.24) is 14.9 Å². The number of hydrogen-bond acceptors (Lipinski definition) is 5. The first-order valence-corrected chi connectivity index (χ1v) is 13.1. The fourth-order valence-corrected chi connectivity index (χ4v) is 6.19. The van der Waals surface area contributed by atoms with Crippen LogP contribution in [-0.2, 0) is 10.0 Å². The highest BCUT2D eigenvalue weighted by molar-refractivity contribution is 7.99. The van der Waals surface area contributed by atoms with E-state index in [-0.39, 0.29) is 11.8 Å². The molecule has 2 saturated heterocycles. The van der Waals surface area contributed by atoms with Gasteiger partial charge in [-0.15, -0.1) is 0 Å². The molecule has 0 spiro atoms. The summed E-state index contributed by atoms with van der Waals surface area (Å²) < 4.78 is 26.6. The van der Waals surface area contributed by atoms with Crippen molar-refractivity contribution >= 4 is 33.4 Å². The highest BCUT2D eigenvalue weighted by Crippen LogP contribution is 2.24. The molecular formula is C20H33N5O2S2. The topological polar surface area (TPSA) is 77.0 Å². The van der Waals surface area contributed by atoms with Crippen molar-refractivity contribution in [1.29, 1.82) is 0 Å². The van der Waals surface area contributed by atoms with E-state index in [1.807, 2.05) is 0 Å². The Kier molecular flexibility index (Phi) is 8.08. The van der Waals surface area contributed by atoms with Crippen molar-refractivity contribution < 1.29 is 8.42 Å². The largest absolute Gasteiger partial charge is 0.372 e. The van der Waals surface area contributed by atoms with Crippen LogP contribution in [0.2, 0.25) is 0 Å². The molecule has 2 heterocycles. The second-order valence-corrected chi connectivity index (χ2v) is 10.8. The minimum atomic E-state index is -3.21. The molecule has 2 fully saturated rings. The summed E-state index contributed by atoms with van der Waals surface area (Å²) in [4.78, 5) is 6.68. The lowest BCUT2D eigenvalue weighted by atomic mass is 10.1. The van der Waals surface area contributed by atoms with E-state index in [9.17, 15) is 8.42 Å². The van der Waals surface area contributed by atoms with Crippen LogP contribution in [0.15, 0.2) is 29.3 Å². The molecule has 2 aliphatic rings. The minimum absolute atomic E-state index is 0.0690. The van der Waals surface area contributed by atoms with E-state index in [1.54, 1.807) is 23.1 Å². The van der Waals surface area contributed by atoms with Gasteiger partial charge >= 0.3 is 0 Å². The summed E-state index contributed by atoms with van der Waals surface area (Å²) in [5.74, 6) is 2.46. The highest BCUT2D eigenvalue weighted by atomic mass is 32.2. The predicted molar refractivity (Wildman–Crippen MR) is 123 cm³/mol. The van der Waals surface area contributed by atoms with E-state index >= 15 is 0 Å². The van der Waals surface area contributed by atoms with Gasteiger partial charge in [0.15, 0.2) is 5.96 Å². The molecule has 0 aromatic heterocycles. The number of rotatable bonds is 7. The third-order valence-corrected chi connectivity index (χ3v) is 8.25. The van der Waals surface area contributed by atoms with Crippen molar-refractivity contribution in [3.63, 3.8) is 0 Å². The second-order valence-electron chi connectivity index (χ2n) is 7.48.